The van der Waals surface area contributed by atoms with Crippen LogP contribution in [-0.4, -0.2) is 22.8 Å². The highest BCUT2D eigenvalue weighted by Crippen LogP contribution is 2.22. The number of hydrogen-bond donors (Lipinski definition) is 2. The summed E-state index contributed by atoms with van der Waals surface area (Å²) in [7, 11) is 0. The van der Waals surface area contributed by atoms with E-state index in [0.29, 0.717) is 5.56 Å². The van der Waals surface area contributed by atoms with Crippen LogP contribution in [-0.2, 0) is 6.42 Å². The Morgan fingerprint density at radius 3 is 2.65 bits per heavy atom. The second-order valence-electron chi connectivity index (χ2n) is 6.80. The van der Waals surface area contributed by atoms with Crippen LogP contribution in [0.25, 0.3) is 0 Å². The minimum Gasteiger partial charge on any atom is -0.349 e. The molecule has 1 heterocycles. The number of carbonyl (C=O) groups is 2. The van der Waals surface area contributed by atoms with Gasteiger partial charge in [0.05, 0.1) is 0 Å². The van der Waals surface area contributed by atoms with E-state index < -0.39 is 0 Å². The van der Waals surface area contributed by atoms with Crippen molar-refractivity contribution < 1.29 is 9.59 Å². The van der Waals surface area contributed by atoms with Crippen LogP contribution in [0.15, 0.2) is 36.5 Å². The maximum absolute atomic E-state index is 12.6. The van der Waals surface area contributed by atoms with Crippen LogP contribution in [0.5, 0.6) is 0 Å². The first kappa shape index (κ1) is 18.1. The Morgan fingerprint density at radius 2 is 1.92 bits per heavy atom. The van der Waals surface area contributed by atoms with E-state index >= 15 is 0 Å². The van der Waals surface area contributed by atoms with Crippen LogP contribution in [0, 0.1) is 6.92 Å². The third kappa shape index (κ3) is 4.10. The number of nitrogens with one attached hydrogen (secondary N) is 2. The Hall–Kier alpha value is -2.69. The summed E-state index contributed by atoms with van der Waals surface area (Å²) in [5.41, 5.74) is 3.62. The fourth-order valence-electron chi connectivity index (χ4n) is 3.41. The number of hydrogen-bond acceptors (Lipinski definition) is 3. The van der Waals surface area contributed by atoms with Crippen LogP contribution in [0.3, 0.4) is 0 Å². The van der Waals surface area contributed by atoms with Crippen LogP contribution in [0.4, 0.5) is 5.69 Å². The minimum atomic E-state index is -0.301. The summed E-state index contributed by atoms with van der Waals surface area (Å²) in [6.07, 6.45) is 6.70. The third-order valence-electron chi connectivity index (χ3n) is 4.92. The fraction of sp³-hybridized carbons (Fsp3) is 0.381. The van der Waals surface area contributed by atoms with Gasteiger partial charge in [-0.3, -0.25) is 14.6 Å². The van der Waals surface area contributed by atoms with E-state index in [2.05, 4.69) is 22.5 Å². The van der Waals surface area contributed by atoms with E-state index in [0.717, 1.165) is 48.9 Å². The number of rotatable bonds is 5. The highest BCUT2D eigenvalue weighted by Gasteiger charge is 2.19. The van der Waals surface area contributed by atoms with E-state index in [9.17, 15) is 9.59 Å². The zero-order valence-corrected chi connectivity index (χ0v) is 15.3. The number of aromatic nitrogens is 1. The average molecular weight is 351 g/mol. The largest absolute Gasteiger partial charge is 0.349 e. The smallest absolute Gasteiger partial charge is 0.274 e. The Labute approximate surface area is 154 Å². The highest BCUT2D eigenvalue weighted by molar-refractivity contribution is 6.05. The molecule has 0 atom stereocenters. The molecule has 5 heteroatoms. The molecule has 2 N–H and O–H groups in total. The number of benzene rings is 1. The van der Waals surface area contributed by atoms with Crippen molar-refractivity contribution in [2.45, 2.75) is 52.0 Å². The van der Waals surface area contributed by atoms with E-state index in [-0.39, 0.29) is 23.6 Å². The Bertz CT molecular complexity index is 811. The van der Waals surface area contributed by atoms with Crippen molar-refractivity contribution in [2.75, 3.05) is 5.32 Å². The summed E-state index contributed by atoms with van der Waals surface area (Å²) in [5.74, 6) is -0.442. The number of amides is 2. The molecule has 136 valence electrons. The van der Waals surface area contributed by atoms with Gasteiger partial charge in [0.1, 0.15) is 5.69 Å². The van der Waals surface area contributed by atoms with Gasteiger partial charge >= 0.3 is 0 Å². The SMILES string of the molecule is CCc1cccc(C)c1NC(=O)c1cc(C(=O)NC2CCCC2)ccn1. The van der Waals surface area contributed by atoms with Gasteiger partial charge in [-0.15, -0.1) is 0 Å². The molecule has 0 spiro atoms. The van der Waals surface area contributed by atoms with Crippen molar-refractivity contribution >= 4 is 17.5 Å². The average Bonchev–Trinajstić information content (AvgIpc) is 3.16. The molecule has 1 saturated carbocycles. The summed E-state index contributed by atoms with van der Waals surface area (Å²) >= 11 is 0. The van der Waals surface area contributed by atoms with Crippen LogP contribution in [0.1, 0.15) is 64.6 Å². The molecule has 1 aliphatic rings. The molecule has 5 nitrogen and oxygen atoms in total. The van der Waals surface area contributed by atoms with Crippen molar-refractivity contribution in [2.24, 2.45) is 0 Å². The number of anilines is 1. The number of pyridine rings is 1. The molecule has 2 amide bonds. The van der Waals surface area contributed by atoms with E-state index in [1.54, 1.807) is 12.1 Å². The molecule has 3 rings (SSSR count). The van der Waals surface area contributed by atoms with Crippen molar-refractivity contribution in [3.8, 4) is 0 Å². The van der Waals surface area contributed by atoms with E-state index in [4.69, 9.17) is 0 Å². The number of aryl methyl sites for hydroxylation is 2. The van der Waals surface area contributed by atoms with Crippen LogP contribution in [0.2, 0.25) is 0 Å². The van der Waals surface area contributed by atoms with E-state index in [1.165, 1.54) is 6.20 Å². The molecule has 0 aliphatic heterocycles. The van der Waals surface area contributed by atoms with Gasteiger partial charge in [-0.25, -0.2) is 0 Å². The zero-order chi connectivity index (χ0) is 18.5. The molecule has 2 aromatic rings. The monoisotopic (exact) mass is 351 g/mol. The molecule has 0 radical (unpaired) electrons. The summed E-state index contributed by atoms with van der Waals surface area (Å²) in [4.78, 5) is 29.2. The van der Waals surface area contributed by atoms with Crippen LogP contribution >= 0.6 is 0 Å². The predicted molar refractivity (Wildman–Crippen MR) is 102 cm³/mol. The fourth-order valence-corrected chi connectivity index (χ4v) is 3.41. The predicted octanol–water partition coefficient (Wildman–Crippen LogP) is 3.88. The number of nitrogens with zero attached hydrogens (tertiary/aromatic N) is 1. The standard InChI is InChI=1S/C21H25N3O2/c1-3-15-8-6-7-14(2)19(15)24-21(26)18-13-16(11-12-22-18)20(25)23-17-9-4-5-10-17/h6-8,11-13,17H,3-5,9-10H2,1-2H3,(H,23,25)(H,24,26). The van der Waals surface area contributed by atoms with Gasteiger partial charge in [0.2, 0.25) is 0 Å². The van der Waals surface area contributed by atoms with Gasteiger partial charge < -0.3 is 10.6 Å². The highest BCUT2D eigenvalue weighted by atomic mass is 16.2. The van der Waals surface area contributed by atoms with E-state index in [1.807, 2.05) is 25.1 Å². The van der Waals surface area contributed by atoms with Crippen molar-refractivity contribution in [3.05, 3.63) is 58.9 Å². The summed E-state index contributed by atoms with van der Waals surface area (Å²) < 4.78 is 0. The van der Waals surface area contributed by atoms with Gasteiger partial charge in [-0.05, 0) is 49.4 Å². The van der Waals surface area contributed by atoms with Gasteiger partial charge in [0.25, 0.3) is 11.8 Å². The second kappa shape index (κ2) is 8.13. The molecule has 1 fully saturated rings. The molecular weight excluding hydrogens is 326 g/mol. The molecular formula is C21H25N3O2. The second-order valence-corrected chi connectivity index (χ2v) is 6.80. The Kier molecular flexibility index (Phi) is 5.66. The molecule has 26 heavy (non-hydrogen) atoms. The molecule has 1 aliphatic carbocycles. The van der Waals surface area contributed by atoms with Gasteiger partial charge in [-0.1, -0.05) is 38.0 Å². The third-order valence-corrected chi connectivity index (χ3v) is 4.92. The molecule has 0 saturated heterocycles. The van der Waals surface area contributed by atoms with Crippen molar-refractivity contribution in [1.29, 1.82) is 0 Å². The molecule has 1 aromatic carbocycles. The first-order chi connectivity index (χ1) is 12.6. The normalized spacial score (nSPS) is 14.2. The summed E-state index contributed by atoms with van der Waals surface area (Å²) in [6, 6.07) is 9.40. The molecule has 1 aromatic heterocycles. The summed E-state index contributed by atoms with van der Waals surface area (Å²) in [6.45, 7) is 4.02. The number of para-hydroxylation sites is 1. The zero-order valence-electron chi connectivity index (χ0n) is 15.3. The lowest BCUT2D eigenvalue weighted by Gasteiger charge is -2.14. The maximum Gasteiger partial charge on any atom is 0.274 e. The van der Waals surface area contributed by atoms with Crippen molar-refractivity contribution in [1.82, 2.24) is 10.3 Å². The first-order valence-electron chi connectivity index (χ1n) is 9.25. The van der Waals surface area contributed by atoms with Crippen LogP contribution < -0.4 is 10.6 Å². The number of carbonyl (C=O) groups excluding carboxylic acids is 2. The Balaban J connectivity index is 1.75. The molecule has 0 bridgehead atoms. The lowest BCUT2D eigenvalue weighted by molar-refractivity contribution is 0.0937. The quantitative estimate of drug-likeness (QED) is 0.859. The van der Waals surface area contributed by atoms with Crippen molar-refractivity contribution in [3.63, 3.8) is 0 Å². The lowest BCUT2D eigenvalue weighted by Crippen LogP contribution is -2.32. The minimum absolute atomic E-state index is 0.140. The maximum atomic E-state index is 12.6. The Morgan fingerprint density at radius 1 is 1.15 bits per heavy atom. The lowest BCUT2D eigenvalue weighted by atomic mass is 10.1. The van der Waals surface area contributed by atoms with Gasteiger partial charge in [0.15, 0.2) is 0 Å². The van der Waals surface area contributed by atoms with Gasteiger partial charge in [0, 0.05) is 23.5 Å². The first-order valence-corrected chi connectivity index (χ1v) is 9.25. The summed E-state index contributed by atoms with van der Waals surface area (Å²) in [5, 5.41) is 5.99. The topological polar surface area (TPSA) is 71.1 Å². The molecule has 0 unspecified atom stereocenters. The van der Waals surface area contributed by atoms with Gasteiger partial charge in [-0.2, -0.15) is 0 Å².